The van der Waals surface area contributed by atoms with E-state index in [9.17, 15) is 0 Å². The molecule has 0 heterocycles. The number of carbonyl (C=O) groups is 1. The maximum absolute atomic E-state index is 8.56. The molecule has 0 radical (unpaired) electrons. The van der Waals surface area contributed by atoms with Gasteiger partial charge in [-0.3, -0.25) is 0 Å². The van der Waals surface area contributed by atoms with E-state index < -0.39 is 13.5 Å². The zero-order chi connectivity index (χ0) is 7.15. The molecule has 0 aliphatic rings. The second-order valence-electron chi connectivity index (χ2n) is 0.629. The minimum atomic E-state index is -2.17. The Kier molecular flexibility index (Phi) is 37.3. The molecule has 0 aliphatic carbocycles. The van der Waals surface area contributed by atoms with Gasteiger partial charge in [0.1, 0.15) is 0 Å². The number of hydrogen-bond donors (Lipinski definition) is 5. The second kappa shape index (κ2) is 16.6. The van der Waals surface area contributed by atoms with Crippen molar-refractivity contribution < 1.29 is 49.6 Å². The Balaban J connectivity index is -0.0000000300. The molecule has 0 spiro atoms. The van der Waals surface area contributed by atoms with Crippen LogP contribution in [-0.4, -0.2) is 76.5 Å². The predicted molar refractivity (Wildman–Crippen MR) is 31.6 cm³/mol. The van der Waals surface area contributed by atoms with E-state index in [-0.39, 0.29) is 57.2 Å². The summed E-state index contributed by atoms with van der Waals surface area (Å²) in [5.74, 6) is 0. The van der Waals surface area contributed by atoms with Gasteiger partial charge in [-0.25, -0.2) is 4.79 Å². The van der Waals surface area contributed by atoms with Gasteiger partial charge in [-0.15, -0.1) is 0 Å². The Morgan fingerprint density at radius 1 is 1.10 bits per heavy atom. The minimum Gasteiger partial charge on any atom is 0 e. The predicted octanol–water partition coefficient (Wildman–Crippen LogP) is -2.75. The standard InChI is InChI=1S/CH2O3.BH3O3.Ca.Zn.2H/c2*2-1(3)4;;;;/h(H2,2,3,4);2-4H;;;;. The molecule has 5 N–H and O–H groups in total. The summed E-state index contributed by atoms with van der Waals surface area (Å²) in [6, 6.07) is 0. The SMILES string of the molecule is O=C(O)O.OB(O)O.[CaH2].[Zn]. The molecule has 0 amide bonds. The first-order valence-electron chi connectivity index (χ1n) is 1.43. The van der Waals surface area contributed by atoms with Gasteiger partial charge in [0.25, 0.3) is 0 Å². The van der Waals surface area contributed by atoms with Crippen molar-refractivity contribution in [3.63, 3.8) is 0 Å². The van der Waals surface area contributed by atoms with E-state index in [0.717, 1.165) is 0 Å². The van der Waals surface area contributed by atoms with Crippen molar-refractivity contribution in [3.05, 3.63) is 0 Å². The summed E-state index contributed by atoms with van der Waals surface area (Å²) in [5.41, 5.74) is 0. The first kappa shape index (κ1) is 22.5. The summed E-state index contributed by atoms with van der Waals surface area (Å²) in [5, 5.41) is 35.4. The Morgan fingerprint density at radius 2 is 1.10 bits per heavy atom. The van der Waals surface area contributed by atoms with E-state index in [1.165, 1.54) is 0 Å². The number of rotatable bonds is 0. The topological polar surface area (TPSA) is 118 Å². The van der Waals surface area contributed by atoms with E-state index >= 15 is 0 Å². The monoisotopic (exact) mass is 230 g/mol. The van der Waals surface area contributed by atoms with Crippen molar-refractivity contribution in [2.75, 3.05) is 0 Å². The molecule has 0 aliphatic heterocycles. The first-order valence-corrected chi connectivity index (χ1v) is 1.43. The summed E-state index contributed by atoms with van der Waals surface area (Å²) in [7, 11) is -2.17. The van der Waals surface area contributed by atoms with Gasteiger partial charge in [-0.1, -0.05) is 0 Å². The van der Waals surface area contributed by atoms with Crippen LogP contribution in [0, 0.1) is 0 Å². The fourth-order valence-electron chi connectivity index (χ4n) is 0. The summed E-state index contributed by atoms with van der Waals surface area (Å²) in [4.78, 5) is 8.56. The van der Waals surface area contributed by atoms with Gasteiger partial charge < -0.3 is 25.3 Å². The molecule has 54 valence electrons. The molecule has 0 aromatic rings. The second-order valence-corrected chi connectivity index (χ2v) is 0.629. The largest absolute Gasteiger partial charge is 0 e. The van der Waals surface area contributed by atoms with Crippen LogP contribution in [0.4, 0.5) is 4.79 Å². The van der Waals surface area contributed by atoms with Crippen LogP contribution < -0.4 is 0 Å². The van der Waals surface area contributed by atoms with Gasteiger partial charge in [-0.05, 0) is 0 Å². The van der Waals surface area contributed by atoms with E-state index in [2.05, 4.69) is 0 Å². The fourth-order valence-corrected chi connectivity index (χ4v) is 0. The third-order valence-corrected chi connectivity index (χ3v) is 0. The summed E-state index contributed by atoms with van der Waals surface area (Å²) in [6.45, 7) is 0. The molecule has 6 nitrogen and oxygen atoms in total. The molecule has 0 rings (SSSR count). The Hall–Kier alpha value is 1.10. The molecular weight excluding hydrogens is 224 g/mol. The van der Waals surface area contributed by atoms with Crippen LogP contribution >= 0.6 is 0 Å². The van der Waals surface area contributed by atoms with E-state index in [4.69, 9.17) is 30.1 Å². The Morgan fingerprint density at radius 3 is 1.10 bits per heavy atom. The molecular formula is CH7BCaO6Zn. The van der Waals surface area contributed by atoms with Gasteiger partial charge in [0.15, 0.2) is 0 Å². The average Bonchev–Trinajstić information content (AvgIpc) is 1.25. The maximum Gasteiger partial charge on any atom is 0 e. The molecule has 0 atom stereocenters. The zero-order valence-electron chi connectivity index (χ0n) is 4.43. The smallest absolute Gasteiger partial charge is 0 e. The Bertz CT molecular complexity index is 62.0. The normalized spacial score (nSPS) is 5.10. The van der Waals surface area contributed by atoms with E-state index in [0.29, 0.717) is 0 Å². The van der Waals surface area contributed by atoms with Crippen molar-refractivity contribution in [1.82, 2.24) is 0 Å². The van der Waals surface area contributed by atoms with Crippen molar-refractivity contribution in [3.8, 4) is 0 Å². The van der Waals surface area contributed by atoms with Gasteiger partial charge in [0.05, 0.1) is 0 Å². The average molecular weight is 231 g/mol. The van der Waals surface area contributed by atoms with E-state index in [1.54, 1.807) is 0 Å². The van der Waals surface area contributed by atoms with Gasteiger partial charge in [-0.2, -0.15) is 0 Å². The van der Waals surface area contributed by atoms with Crippen molar-refractivity contribution in [2.24, 2.45) is 0 Å². The molecule has 0 saturated carbocycles. The van der Waals surface area contributed by atoms with Crippen molar-refractivity contribution in [1.29, 1.82) is 0 Å². The van der Waals surface area contributed by atoms with Gasteiger partial charge in [0.2, 0.25) is 0 Å². The van der Waals surface area contributed by atoms with E-state index in [1.807, 2.05) is 0 Å². The molecule has 9 heteroatoms. The van der Waals surface area contributed by atoms with Gasteiger partial charge in [0, 0.05) is 19.5 Å². The molecule has 0 aromatic heterocycles. The summed E-state index contributed by atoms with van der Waals surface area (Å²) in [6.07, 6.45) is -1.83. The molecule has 0 unspecified atom stereocenters. The maximum atomic E-state index is 8.56. The van der Waals surface area contributed by atoms with Crippen LogP contribution in [0.2, 0.25) is 0 Å². The summed E-state index contributed by atoms with van der Waals surface area (Å²) < 4.78 is 0. The van der Waals surface area contributed by atoms with Crippen LogP contribution in [0.15, 0.2) is 0 Å². The molecule has 0 fully saturated rings. The third kappa shape index (κ3) is 495. The quantitative estimate of drug-likeness (QED) is 0.288. The molecule has 0 bridgehead atoms. The van der Waals surface area contributed by atoms with Crippen LogP contribution in [-0.2, 0) is 19.5 Å². The zero-order valence-corrected chi connectivity index (χ0v) is 7.40. The third-order valence-electron chi connectivity index (χ3n) is 0. The minimum absolute atomic E-state index is 0. The van der Waals surface area contributed by atoms with Crippen LogP contribution in [0.25, 0.3) is 0 Å². The van der Waals surface area contributed by atoms with Crippen LogP contribution in [0.5, 0.6) is 0 Å². The Labute approximate surface area is 99.8 Å². The number of carboxylic acid groups (broad SMARTS) is 2. The molecule has 0 saturated heterocycles. The number of hydrogen-bond acceptors (Lipinski definition) is 4. The van der Waals surface area contributed by atoms with Crippen LogP contribution in [0.1, 0.15) is 0 Å². The van der Waals surface area contributed by atoms with Gasteiger partial charge >= 0.3 is 51.2 Å². The van der Waals surface area contributed by atoms with Crippen LogP contribution in [0.3, 0.4) is 0 Å². The summed E-state index contributed by atoms with van der Waals surface area (Å²) >= 11 is 0. The van der Waals surface area contributed by atoms with Crippen molar-refractivity contribution >= 4 is 51.2 Å². The van der Waals surface area contributed by atoms with Crippen molar-refractivity contribution in [2.45, 2.75) is 0 Å². The molecule has 10 heavy (non-hydrogen) atoms. The first-order chi connectivity index (χ1) is 3.46. The fraction of sp³-hybridized carbons (Fsp3) is 0. The molecule has 0 aromatic carbocycles.